The Morgan fingerprint density at radius 2 is 2.00 bits per heavy atom. The summed E-state index contributed by atoms with van der Waals surface area (Å²) in [5.41, 5.74) is 3.73. The molecule has 4 nitrogen and oxygen atoms in total. The zero-order valence-electron chi connectivity index (χ0n) is 17.2. The molecule has 0 aliphatic heterocycles. The quantitative estimate of drug-likeness (QED) is 0.544. The van der Waals surface area contributed by atoms with Crippen molar-refractivity contribution in [3.8, 4) is 11.3 Å². The molecule has 0 unspecified atom stereocenters. The summed E-state index contributed by atoms with van der Waals surface area (Å²) in [5, 5.41) is 3.75. The number of aromatic nitrogens is 2. The summed E-state index contributed by atoms with van der Waals surface area (Å²) in [5.74, 6) is 0.990. The lowest BCUT2D eigenvalue weighted by atomic mass is 9.84. The fraction of sp³-hybridized carbons (Fsp3) is 0.391. The SMILES string of the molecule is Cc1ccn2c(NC(=O)C[C@@H](C)CC(C)(C)C)c(-c3cccc(Cl)c3)nc2c1. The molecule has 28 heavy (non-hydrogen) atoms. The van der Waals surface area contributed by atoms with E-state index in [2.05, 4.69) is 33.0 Å². The van der Waals surface area contributed by atoms with Crippen molar-refractivity contribution >= 4 is 29.0 Å². The number of hydrogen-bond donors (Lipinski definition) is 1. The number of nitrogens with zero attached hydrogens (tertiary/aromatic N) is 2. The molecule has 5 heteroatoms. The highest BCUT2D eigenvalue weighted by Gasteiger charge is 2.21. The minimum atomic E-state index is 0.00223. The zero-order chi connectivity index (χ0) is 20.5. The first-order chi connectivity index (χ1) is 13.1. The van der Waals surface area contributed by atoms with Gasteiger partial charge in [0.1, 0.15) is 17.2 Å². The number of aryl methyl sites for hydroxylation is 1. The van der Waals surface area contributed by atoms with Crippen molar-refractivity contribution in [1.82, 2.24) is 9.38 Å². The Kier molecular flexibility index (Phi) is 5.80. The van der Waals surface area contributed by atoms with Gasteiger partial charge in [0.25, 0.3) is 0 Å². The molecule has 1 N–H and O–H groups in total. The minimum absolute atomic E-state index is 0.00223. The van der Waals surface area contributed by atoms with E-state index in [9.17, 15) is 4.79 Å². The van der Waals surface area contributed by atoms with E-state index in [0.717, 1.165) is 28.9 Å². The van der Waals surface area contributed by atoms with Crippen LogP contribution in [-0.2, 0) is 4.79 Å². The molecular weight excluding hydrogens is 370 g/mol. The molecule has 0 spiro atoms. The smallest absolute Gasteiger partial charge is 0.225 e. The highest BCUT2D eigenvalue weighted by molar-refractivity contribution is 6.30. The Morgan fingerprint density at radius 3 is 2.68 bits per heavy atom. The first-order valence-corrected chi connectivity index (χ1v) is 10.0. The van der Waals surface area contributed by atoms with Crippen molar-refractivity contribution < 1.29 is 4.79 Å². The summed E-state index contributed by atoms with van der Waals surface area (Å²) in [6, 6.07) is 11.6. The molecule has 3 aromatic rings. The number of benzene rings is 1. The van der Waals surface area contributed by atoms with Crippen LogP contribution >= 0.6 is 11.6 Å². The third kappa shape index (κ3) is 4.93. The molecule has 1 atom stereocenters. The van der Waals surface area contributed by atoms with Crippen LogP contribution in [-0.4, -0.2) is 15.3 Å². The number of hydrogen-bond acceptors (Lipinski definition) is 2. The maximum absolute atomic E-state index is 12.8. The van der Waals surface area contributed by atoms with E-state index in [1.165, 1.54) is 0 Å². The number of nitrogens with one attached hydrogen (secondary N) is 1. The van der Waals surface area contributed by atoms with Crippen LogP contribution in [0.1, 0.15) is 46.1 Å². The van der Waals surface area contributed by atoms with Gasteiger partial charge in [-0.2, -0.15) is 0 Å². The van der Waals surface area contributed by atoms with Gasteiger partial charge in [-0.1, -0.05) is 51.4 Å². The third-order valence-electron chi connectivity index (χ3n) is 4.63. The number of imidazole rings is 1. The van der Waals surface area contributed by atoms with E-state index in [4.69, 9.17) is 16.6 Å². The Hall–Kier alpha value is -2.33. The zero-order valence-corrected chi connectivity index (χ0v) is 18.0. The van der Waals surface area contributed by atoms with Crippen molar-refractivity contribution in [1.29, 1.82) is 0 Å². The number of pyridine rings is 1. The first kappa shape index (κ1) is 20.4. The standard InChI is InChI=1S/C23H28ClN3O/c1-15-9-10-27-19(11-15)25-21(17-7-6-8-18(24)13-17)22(27)26-20(28)12-16(2)14-23(3,4)5/h6-11,13,16H,12,14H2,1-5H3,(H,26,28)/t16-/m1/s1. The molecule has 1 amide bonds. The number of rotatable bonds is 5. The second-order valence-corrected chi connectivity index (χ2v) is 9.31. The fourth-order valence-electron chi connectivity index (χ4n) is 3.72. The fourth-order valence-corrected chi connectivity index (χ4v) is 3.91. The van der Waals surface area contributed by atoms with Crippen molar-refractivity contribution in [2.24, 2.45) is 11.3 Å². The van der Waals surface area contributed by atoms with E-state index in [1.807, 2.05) is 53.9 Å². The lowest BCUT2D eigenvalue weighted by Gasteiger charge is -2.22. The maximum Gasteiger partial charge on any atom is 0.225 e. The van der Waals surface area contributed by atoms with Gasteiger partial charge in [-0.3, -0.25) is 9.20 Å². The molecule has 0 aliphatic rings. The van der Waals surface area contributed by atoms with Crippen LogP contribution in [0, 0.1) is 18.3 Å². The number of amides is 1. The van der Waals surface area contributed by atoms with Gasteiger partial charge in [-0.05, 0) is 54.5 Å². The van der Waals surface area contributed by atoms with Gasteiger partial charge in [0.2, 0.25) is 5.91 Å². The molecule has 0 aliphatic carbocycles. The van der Waals surface area contributed by atoms with Gasteiger partial charge in [-0.15, -0.1) is 0 Å². The van der Waals surface area contributed by atoms with Gasteiger partial charge < -0.3 is 5.32 Å². The summed E-state index contributed by atoms with van der Waals surface area (Å²) < 4.78 is 1.93. The molecule has 0 bridgehead atoms. The summed E-state index contributed by atoms with van der Waals surface area (Å²) in [6.07, 6.45) is 3.42. The number of fused-ring (bicyclic) bond motifs is 1. The van der Waals surface area contributed by atoms with E-state index in [-0.39, 0.29) is 11.3 Å². The van der Waals surface area contributed by atoms with Gasteiger partial charge >= 0.3 is 0 Å². The second-order valence-electron chi connectivity index (χ2n) is 8.87. The Bertz CT molecular complexity index is 1000. The molecule has 0 saturated heterocycles. The first-order valence-electron chi connectivity index (χ1n) is 9.67. The van der Waals surface area contributed by atoms with Gasteiger partial charge in [0.05, 0.1) is 0 Å². The van der Waals surface area contributed by atoms with Crippen LogP contribution in [0.4, 0.5) is 5.82 Å². The van der Waals surface area contributed by atoms with E-state index >= 15 is 0 Å². The number of halogens is 1. The summed E-state index contributed by atoms with van der Waals surface area (Å²) >= 11 is 6.19. The van der Waals surface area contributed by atoms with Crippen molar-refractivity contribution in [2.45, 2.75) is 47.5 Å². The molecule has 0 radical (unpaired) electrons. The molecule has 2 aromatic heterocycles. The predicted molar refractivity (Wildman–Crippen MR) is 117 cm³/mol. The van der Waals surface area contributed by atoms with Crippen LogP contribution in [0.5, 0.6) is 0 Å². The predicted octanol–water partition coefficient (Wildman–Crippen LogP) is 6.36. The monoisotopic (exact) mass is 397 g/mol. The lowest BCUT2D eigenvalue weighted by molar-refractivity contribution is -0.117. The lowest BCUT2D eigenvalue weighted by Crippen LogP contribution is -2.19. The molecule has 2 heterocycles. The molecule has 0 saturated carbocycles. The summed E-state index contributed by atoms with van der Waals surface area (Å²) in [6.45, 7) is 10.8. The minimum Gasteiger partial charge on any atom is -0.310 e. The molecule has 148 valence electrons. The van der Waals surface area contributed by atoms with Gasteiger partial charge in [0.15, 0.2) is 0 Å². The van der Waals surface area contributed by atoms with Gasteiger partial charge in [0, 0.05) is 23.2 Å². The average molecular weight is 398 g/mol. The van der Waals surface area contributed by atoms with Crippen LogP contribution < -0.4 is 5.32 Å². The van der Waals surface area contributed by atoms with Crippen LogP contribution in [0.2, 0.25) is 5.02 Å². The number of carbonyl (C=O) groups excluding carboxylic acids is 1. The van der Waals surface area contributed by atoms with Gasteiger partial charge in [-0.25, -0.2) is 4.98 Å². The molecule has 0 fully saturated rings. The maximum atomic E-state index is 12.8. The van der Waals surface area contributed by atoms with E-state index < -0.39 is 0 Å². The number of carbonyl (C=O) groups is 1. The topological polar surface area (TPSA) is 46.4 Å². The highest BCUT2D eigenvalue weighted by Crippen LogP contribution is 2.31. The average Bonchev–Trinajstić information content (AvgIpc) is 2.90. The Balaban J connectivity index is 1.95. The normalized spacial score (nSPS) is 12.9. The largest absolute Gasteiger partial charge is 0.310 e. The van der Waals surface area contributed by atoms with Crippen molar-refractivity contribution in [2.75, 3.05) is 5.32 Å². The summed E-state index contributed by atoms with van der Waals surface area (Å²) in [7, 11) is 0. The van der Waals surface area contributed by atoms with Crippen LogP contribution in [0.15, 0.2) is 42.6 Å². The Morgan fingerprint density at radius 1 is 1.25 bits per heavy atom. The van der Waals surface area contributed by atoms with Crippen molar-refractivity contribution in [3.05, 3.63) is 53.2 Å². The molecular formula is C23H28ClN3O. The number of anilines is 1. The Labute approximate surface area is 171 Å². The summed E-state index contributed by atoms with van der Waals surface area (Å²) in [4.78, 5) is 17.6. The second kappa shape index (κ2) is 7.96. The van der Waals surface area contributed by atoms with Crippen LogP contribution in [0.3, 0.4) is 0 Å². The highest BCUT2D eigenvalue weighted by atomic mass is 35.5. The molecule has 1 aromatic carbocycles. The van der Waals surface area contributed by atoms with E-state index in [0.29, 0.717) is 23.2 Å². The molecule has 3 rings (SSSR count). The third-order valence-corrected chi connectivity index (χ3v) is 4.87. The van der Waals surface area contributed by atoms with Crippen LogP contribution in [0.25, 0.3) is 16.9 Å². The van der Waals surface area contributed by atoms with Crippen molar-refractivity contribution in [3.63, 3.8) is 0 Å². The van der Waals surface area contributed by atoms with E-state index in [1.54, 1.807) is 0 Å².